The molecular formula is C17H19FN2S. The number of nitrogens with zero attached hydrogens (tertiary/aromatic N) is 1. The summed E-state index contributed by atoms with van der Waals surface area (Å²) in [6.07, 6.45) is 0. The molecule has 4 heteroatoms. The standard InChI is InChI=1S/C17H19FN2S/c1-11-7-12(2)9-14(8-11)20(3)10-13-5-4-6-15(16(13)18)17(19)21/h4-9H,10H2,1-3H3,(H2,19,21). The van der Waals surface area contributed by atoms with E-state index in [4.69, 9.17) is 18.0 Å². The fourth-order valence-corrected chi connectivity index (χ4v) is 2.57. The molecule has 0 fully saturated rings. The normalized spacial score (nSPS) is 10.5. The van der Waals surface area contributed by atoms with Gasteiger partial charge in [-0.05, 0) is 43.2 Å². The minimum absolute atomic E-state index is 0.0865. The Kier molecular flexibility index (Phi) is 4.58. The van der Waals surface area contributed by atoms with E-state index in [1.807, 2.05) is 11.9 Å². The zero-order valence-corrected chi connectivity index (χ0v) is 13.3. The van der Waals surface area contributed by atoms with Crippen LogP contribution in [0.3, 0.4) is 0 Å². The fourth-order valence-electron chi connectivity index (χ4n) is 2.41. The Morgan fingerprint density at radius 3 is 2.38 bits per heavy atom. The number of hydrogen-bond donors (Lipinski definition) is 1. The topological polar surface area (TPSA) is 29.3 Å². The highest BCUT2D eigenvalue weighted by atomic mass is 32.1. The predicted molar refractivity (Wildman–Crippen MR) is 90.3 cm³/mol. The van der Waals surface area contributed by atoms with Gasteiger partial charge in [-0.15, -0.1) is 0 Å². The van der Waals surface area contributed by atoms with Crippen molar-refractivity contribution in [2.45, 2.75) is 20.4 Å². The first-order valence-corrected chi connectivity index (χ1v) is 7.16. The van der Waals surface area contributed by atoms with Crippen molar-refractivity contribution < 1.29 is 4.39 Å². The molecule has 0 aromatic heterocycles. The van der Waals surface area contributed by atoms with Gasteiger partial charge in [0.05, 0.1) is 0 Å². The van der Waals surface area contributed by atoms with E-state index in [0.29, 0.717) is 17.7 Å². The summed E-state index contributed by atoms with van der Waals surface area (Å²) in [4.78, 5) is 2.10. The van der Waals surface area contributed by atoms with Crippen molar-refractivity contribution in [3.05, 3.63) is 64.5 Å². The maximum atomic E-state index is 14.4. The van der Waals surface area contributed by atoms with Crippen molar-refractivity contribution in [3.8, 4) is 0 Å². The monoisotopic (exact) mass is 302 g/mol. The Bertz CT molecular complexity index is 662. The molecule has 0 unspecified atom stereocenters. The van der Waals surface area contributed by atoms with E-state index in [9.17, 15) is 4.39 Å². The van der Waals surface area contributed by atoms with E-state index in [2.05, 4.69) is 32.0 Å². The summed E-state index contributed by atoms with van der Waals surface area (Å²) in [6, 6.07) is 11.4. The summed E-state index contributed by atoms with van der Waals surface area (Å²) in [5, 5.41) is 0. The lowest BCUT2D eigenvalue weighted by atomic mass is 10.1. The summed E-state index contributed by atoms with van der Waals surface area (Å²) in [5.41, 5.74) is 9.87. The molecule has 2 rings (SSSR count). The van der Waals surface area contributed by atoms with Crippen LogP contribution in [0.1, 0.15) is 22.3 Å². The second-order valence-corrected chi connectivity index (χ2v) is 5.78. The summed E-state index contributed by atoms with van der Waals surface area (Å²) in [7, 11) is 1.95. The van der Waals surface area contributed by atoms with Gasteiger partial charge < -0.3 is 10.6 Å². The molecule has 2 aromatic rings. The molecule has 0 spiro atoms. The summed E-state index contributed by atoms with van der Waals surface area (Å²) < 4.78 is 14.4. The molecule has 2 N–H and O–H groups in total. The maximum Gasteiger partial charge on any atom is 0.138 e. The van der Waals surface area contributed by atoms with E-state index in [1.165, 1.54) is 11.1 Å². The average Bonchev–Trinajstić information content (AvgIpc) is 2.39. The summed E-state index contributed by atoms with van der Waals surface area (Å²) >= 11 is 4.87. The molecule has 0 aliphatic rings. The highest BCUT2D eigenvalue weighted by Gasteiger charge is 2.12. The minimum Gasteiger partial charge on any atom is -0.389 e. The van der Waals surface area contributed by atoms with Gasteiger partial charge in [0, 0.05) is 30.4 Å². The van der Waals surface area contributed by atoms with E-state index in [0.717, 1.165) is 5.69 Å². The first kappa shape index (κ1) is 15.4. The van der Waals surface area contributed by atoms with Crippen molar-refractivity contribution >= 4 is 22.9 Å². The second-order valence-electron chi connectivity index (χ2n) is 5.34. The highest BCUT2D eigenvalue weighted by molar-refractivity contribution is 7.80. The van der Waals surface area contributed by atoms with Gasteiger partial charge in [-0.25, -0.2) is 4.39 Å². The molecule has 2 nitrogen and oxygen atoms in total. The minimum atomic E-state index is -0.332. The number of aryl methyl sites for hydroxylation is 2. The summed E-state index contributed by atoms with van der Waals surface area (Å²) in [5.74, 6) is -0.332. The van der Waals surface area contributed by atoms with Gasteiger partial charge in [0.15, 0.2) is 0 Å². The molecule has 2 aromatic carbocycles. The van der Waals surface area contributed by atoms with E-state index >= 15 is 0 Å². The number of rotatable bonds is 4. The van der Waals surface area contributed by atoms with Crippen LogP contribution in [0.4, 0.5) is 10.1 Å². The Morgan fingerprint density at radius 1 is 1.19 bits per heavy atom. The van der Waals surface area contributed by atoms with Crippen molar-refractivity contribution in [2.24, 2.45) is 5.73 Å². The van der Waals surface area contributed by atoms with Gasteiger partial charge in [-0.3, -0.25) is 0 Å². The molecule has 110 valence electrons. The Morgan fingerprint density at radius 2 is 1.81 bits per heavy atom. The lowest BCUT2D eigenvalue weighted by Gasteiger charge is -2.21. The van der Waals surface area contributed by atoms with Crippen molar-refractivity contribution in [1.29, 1.82) is 0 Å². The molecule has 0 atom stereocenters. The van der Waals surface area contributed by atoms with Gasteiger partial charge in [0.1, 0.15) is 10.8 Å². The molecule has 0 aliphatic carbocycles. The first-order chi connectivity index (χ1) is 9.88. The van der Waals surface area contributed by atoms with Crippen LogP contribution >= 0.6 is 12.2 Å². The number of nitrogens with two attached hydrogens (primary N) is 1. The van der Waals surface area contributed by atoms with Crippen LogP contribution in [0.25, 0.3) is 0 Å². The Hall–Kier alpha value is -1.94. The average molecular weight is 302 g/mol. The van der Waals surface area contributed by atoms with Gasteiger partial charge >= 0.3 is 0 Å². The largest absolute Gasteiger partial charge is 0.389 e. The van der Waals surface area contributed by atoms with E-state index in [-0.39, 0.29) is 10.8 Å². The molecule has 21 heavy (non-hydrogen) atoms. The SMILES string of the molecule is Cc1cc(C)cc(N(C)Cc2cccc(C(N)=S)c2F)c1. The third-order valence-electron chi connectivity index (χ3n) is 3.40. The lowest BCUT2D eigenvalue weighted by Crippen LogP contribution is -2.19. The van der Waals surface area contributed by atoms with E-state index < -0.39 is 0 Å². The van der Waals surface area contributed by atoms with Crippen LogP contribution in [0.15, 0.2) is 36.4 Å². The van der Waals surface area contributed by atoms with Crippen LogP contribution in [0.5, 0.6) is 0 Å². The Balaban J connectivity index is 2.29. The quantitative estimate of drug-likeness (QED) is 0.873. The van der Waals surface area contributed by atoms with Crippen LogP contribution in [-0.2, 0) is 6.54 Å². The number of benzene rings is 2. The predicted octanol–water partition coefficient (Wildman–Crippen LogP) is 3.71. The molecule has 0 heterocycles. The van der Waals surface area contributed by atoms with Gasteiger partial charge in [-0.1, -0.05) is 30.4 Å². The van der Waals surface area contributed by atoms with Crippen LogP contribution in [-0.4, -0.2) is 12.0 Å². The van der Waals surface area contributed by atoms with Crippen molar-refractivity contribution in [1.82, 2.24) is 0 Å². The molecular weight excluding hydrogens is 283 g/mol. The zero-order chi connectivity index (χ0) is 15.6. The van der Waals surface area contributed by atoms with E-state index in [1.54, 1.807) is 18.2 Å². The smallest absolute Gasteiger partial charge is 0.138 e. The summed E-state index contributed by atoms with van der Waals surface area (Å²) in [6.45, 7) is 4.57. The number of hydrogen-bond acceptors (Lipinski definition) is 2. The van der Waals surface area contributed by atoms with Crippen LogP contribution < -0.4 is 10.6 Å². The molecule has 0 saturated carbocycles. The van der Waals surface area contributed by atoms with Crippen molar-refractivity contribution in [3.63, 3.8) is 0 Å². The molecule has 0 aliphatic heterocycles. The van der Waals surface area contributed by atoms with Crippen LogP contribution in [0, 0.1) is 19.7 Å². The maximum absolute atomic E-state index is 14.4. The lowest BCUT2D eigenvalue weighted by molar-refractivity contribution is 0.605. The molecule has 0 saturated heterocycles. The van der Waals surface area contributed by atoms with Gasteiger partial charge in [0.25, 0.3) is 0 Å². The molecule has 0 amide bonds. The number of anilines is 1. The number of halogens is 1. The Labute approximate surface area is 130 Å². The third kappa shape index (κ3) is 3.58. The van der Waals surface area contributed by atoms with Crippen LogP contribution in [0.2, 0.25) is 0 Å². The highest BCUT2D eigenvalue weighted by Crippen LogP contribution is 2.21. The zero-order valence-electron chi connectivity index (χ0n) is 12.5. The first-order valence-electron chi connectivity index (χ1n) is 6.75. The molecule has 0 radical (unpaired) electrons. The van der Waals surface area contributed by atoms with Gasteiger partial charge in [-0.2, -0.15) is 0 Å². The van der Waals surface area contributed by atoms with Gasteiger partial charge in [0.2, 0.25) is 0 Å². The second kappa shape index (κ2) is 6.22. The van der Waals surface area contributed by atoms with Crippen molar-refractivity contribution in [2.75, 3.05) is 11.9 Å². The fraction of sp³-hybridized carbons (Fsp3) is 0.235. The molecule has 0 bridgehead atoms. The third-order valence-corrected chi connectivity index (χ3v) is 3.62. The number of thiocarbonyl (C=S) groups is 1.